The van der Waals surface area contributed by atoms with Crippen LogP contribution in [0.4, 0.5) is 0 Å². The zero-order valence-electron chi connectivity index (χ0n) is 8.37. The van der Waals surface area contributed by atoms with E-state index < -0.39 is 6.04 Å². The van der Waals surface area contributed by atoms with Crippen LogP contribution in [0.3, 0.4) is 0 Å². The SMILES string of the molecule is Cc1cc(C(N)CCO)c(O)c(Br)c1O. The molecule has 1 aromatic rings. The number of hydrogen-bond donors (Lipinski definition) is 4. The van der Waals surface area contributed by atoms with Crippen molar-refractivity contribution in [2.24, 2.45) is 5.73 Å². The summed E-state index contributed by atoms with van der Waals surface area (Å²) in [6.07, 6.45) is 0.365. The molecule has 1 unspecified atom stereocenters. The average Bonchev–Trinajstić information content (AvgIpc) is 2.20. The van der Waals surface area contributed by atoms with Crippen molar-refractivity contribution < 1.29 is 15.3 Å². The first-order chi connectivity index (χ1) is 6.99. The summed E-state index contributed by atoms with van der Waals surface area (Å²) in [5.74, 6) is -0.0634. The molecule has 1 rings (SSSR count). The number of aromatic hydroxyl groups is 2. The summed E-state index contributed by atoms with van der Waals surface area (Å²) in [5, 5.41) is 28.0. The molecular formula is C10H14BrNO3. The zero-order valence-corrected chi connectivity index (χ0v) is 9.95. The van der Waals surface area contributed by atoms with Crippen molar-refractivity contribution in [1.29, 1.82) is 0 Å². The first-order valence-electron chi connectivity index (χ1n) is 4.56. The van der Waals surface area contributed by atoms with Gasteiger partial charge in [0.05, 0.1) is 0 Å². The largest absolute Gasteiger partial charge is 0.506 e. The smallest absolute Gasteiger partial charge is 0.138 e. The lowest BCUT2D eigenvalue weighted by molar-refractivity contribution is 0.275. The molecule has 0 bridgehead atoms. The van der Waals surface area contributed by atoms with Crippen molar-refractivity contribution in [2.45, 2.75) is 19.4 Å². The molecule has 0 saturated heterocycles. The van der Waals surface area contributed by atoms with Gasteiger partial charge in [-0.25, -0.2) is 0 Å². The Kier molecular flexibility index (Phi) is 3.96. The number of benzene rings is 1. The number of halogens is 1. The van der Waals surface area contributed by atoms with Crippen molar-refractivity contribution in [3.8, 4) is 11.5 Å². The Morgan fingerprint density at radius 3 is 2.53 bits per heavy atom. The number of aliphatic hydroxyl groups is 1. The summed E-state index contributed by atoms with van der Waals surface area (Å²) in [4.78, 5) is 0. The van der Waals surface area contributed by atoms with Crippen LogP contribution in [-0.2, 0) is 0 Å². The number of nitrogens with two attached hydrogens (primary N) is 1. The maximum Gasteiger partial charge on any atom is 0.138 e. The number of aryl methyl sites for hydroxylation is 1. The summed E-state index contributed by atoms with van der Waals surface area (Å²) in [6, 6.07) is 1.18. The third-order valence-corrected chi connectivity index (χ3v) is 3.03. The standard InChI is InChI=1S/C10H14BrNO3/c1-5-4-6(7(12)2-3-13)10(15)8(11)9(5)14/h4,7,13-15H,2-3,12H2,1H3. The van der Waals surface area contributed by atoms with Gasteiger partial charge in [-0.1, -0.05) is 0 Å². The molecule has 5 heteroatoms. The molecule has 4 nitrogen and oxygen atoms in total. The predicted molar refractivity (Wildman–Crippen MR) is 60.8 cm³/mol. The summed E-state index contributed by atoms with van der Waals surface area (Å²) >= 11 is 3.08. The van der Waals surface area contributed by atoms with Gasteiger partial charge in [0.2, 0.25) is 0 Å². The lowest BCUT2D eigenvalue weighted by atomic mass is 10.0. The van der Waals surface area contributed by atoms with E-state index in [2.05, 4.69) is 15.9 Å². The van der Waals surface area contributed by atoms with E-state index >= 15 is 0 Å². The van der Waals surface area contributed by atoms with Gasteiger partial charge in [0.15, 0.2) is 0 Å². The maximum atomic E-state index is 9.73. The fourth-order valence-electron chi connectivity index (χ4n) is 1.36. The molecule has 0 aliphatic heterocycles. The third-order valence-electron chi connectivity index (χ3n) is 2.27. The third kappa shape index (κ3) is 2.42. The first kappa shape index (κ1) is 12.3. The molecule has 0 radical (unpaired) electrons. The van der Waals surface area contributed by atoms with Gasteiger partial charge in [-0.2, -0.15) is 0 Å². The molecule has 0 spiro atoms. The second-order valence-corrected chi connectivity index (χ2v) is 4.21. The Labute approximate surface area is 96.5 Å². The van der Waals surface area contributed by atoms with Gasteiger partial charge in [-0.15, -0.1) is 0 Å². The van der Waals surface area contributed by atoms with E-state index in [-0.39, 0.29) is 22.6 Å². The number of rotatable bonds is 3. The number of phenols is 2. The lowest BCUT2D eigenvalue weighted by Gasteiger charge is -2.15. The fraction of sp³-hybridized carbons (Fsp3) is 0.400. The molecule has 84 valence electrons. The van der Waals surface area contributed by atoms with E-state index in [0.29, 0.717) is 17.5 Å². The van der Waals surface area contributed by atoms with Gasteiger partial charge in [0.1, 0.15) is 16.0 Å². The van der Waals surface area contributed by atoms with Gasteiger partial charge >= 0.3 is 0 Å². The van der Waals surface area contributed by atoms with Crippen LogP contribution >= 0.6 is 15.9 Å². The summed E-state index contributed by atoms with van der Waals surface area (Å²) in [7, 11) is 0. The van der Waals surface area contributed by atoms with Gasteiger partial charge in [-0.05, 0) is 40.9 Å². The lowest BCUT2D eigenvalue weighted by Crippen LogP contribution is -2.12. The molecule has 1 atom stereocenters. The monoisotopic (exact) mass is 275 g/mol. The summed E-state index contributed by atoms with van der Waals surface area (Å²) in [6.45, 7) is 1.67. The fourth-order valence-corrected chi connectivity index (χ4v) is 1.90. The van der Waals surface area contributed by atoms with Gasteiger partial charge < -0.3 is 21.1 Å². The summed E-state index contributed by atoms with van der Waals surface area (Å²) in [5.41, 5.74) is 6.92. The van der Waals surface area contributed by atoms with Crippen LogP contribution in [0.5, 0.6) is 11.5 Å². The van der Waals surface area contributed by atoms with Crippen LogP contribution in [0.2, 0.25) is 0 Å². The molecule has 0 heterocycles. The number of hydrogen-bond acceptors (Lipinski definition) is 4. The quantitative estimate of drug-likeness (QED) is 0.674. The van der Waals surface area contributed by atoms with Crippen molar-refractivity contribution in [1.82, 2.24) is 0 Å². The topological polar surface area (TPSA) is 86.7 Å². The zero-order chi connectivity index (χ0) is 11.6. The second-order valence-electron chi connectivity index (χ2n) is 3.41. The molecule has 0 saturated carbocycles. The highest BCUT2D eigenvalue weighted by molar-refractivity contribution is 9.10. The van der Waals surface area contributed by atoms with Crippen molar-refractivity contribution in [2.75, 3.05) is 6.61 Å². The van der Waals surface area contributed by atoms with E-state index in [1.54, 1.807) is 13.0 Å². The highest BCUT2D eigenvalue weighted by atomic mass is 79.9. The number of phenolic OH excluding ortho intramolecular Hbond substituents is 2. The molecule has 1 aromatic carbocycles. The minimum Gasteiger partial charge on any atom is -0.506 e. The van der Waals surface area contributed by atoms with Crippen LogP contribution in [-0.4, -0.2) is 21.9 Å². The van der Waals surface area contributed by atoms with E-state index in [1.807, 2.05) is 0 Å². The van der Waals surface area contributed by atoms with Gasteiger partial charge in [0, 0.05) is 18.2 Å². The molecule has 0 aliphatic carbocycles. The molecule has 5 N–H and O–H groups in total. The van der Waals surface area contributed by atoms with Gasteiger partial charge in [0.25, 0.3) is 0 Å². The molecule has 0 aromatic heterocycles. The van der Waals surface area contributed by atoms with Crippen LogP contribution < -0.4 is 5.73 Å². The Hall–Kier alpha value is -0.780. The minimum absolute atomic E-state index is 0.00690. The molecule has 0 aliphatic rings. The van der Waals surface area contributed by atoms with Crippen molar-refractivity contribution in [3.05, 3.63) is 21.7 Å². The maximum absolute atomic E-state index is 9.73. The molecule has 15 heavy (non-hydrogen) atoms. The van der Waals surface area contributed by atoms with Crippen LogP contribution in [0.15, 0.2) is 10.5 Å². The minimum atomic E-state index is -0.439. The molecule has 0 amide bonds. The Balaban J connectivity index is 3.19. The van der Waals surface area contributed by atoms with Crippen LogP contribution in [0.1, 0.15) is 23.6 Å². The van der Waals surface area contributed by atoms with E-state index in [9.17, 15) is 10.2 Å². The predicted octanol–water partition coefficient (Wildman–Crippen LogP) is 1.55. The van der Waals surface area contributed by atoms with Crippen LogP contribution in [0, 0.1) is 6.92 Å². The summed E-state index contributed by atoms with van der Waals surface area (Å²) < 4.78 is 0.242. The normalized spacial score (nSPS) is 12.8. The van der Waals surface area contributed by atoms with E-state index in [0.717, 1.165) is 0 Å². The Morgan fingerprint density at radius 2 is 2.00 bits per heavy atom. The highest BCUT2D eigenvalue weighted by Crippen LogP contribution is 2.40. The molecular weight excluding hydrogens is 262 g/mol. The van der Waals surface area contributed by atoms with E-state index in [1.165, 1.54) is 0 Å². The highest BCUT2D eigenvalue weighted by Gasteiger charge is 2.17. The Bertz CT molecular complexity index is 368. The Morgan fingerprint density at radius 1 is 1.40 bits per heavy atom. The van der Waals surface area contributed by atoms with Crippen molar-refractivity contribution >= 4 is 15.9 Å². The number of aliphatic hydroxyl groups excluding tert-OH is 1. The molecule has 0 fully saturated rings. The van der Waals surface area contributed by atoms with Crippen LogP contribution in [0.25, 0.3) is 0 Å². The van der Waals surface area contributed by atoms with Gasteiger partial charge in [-0.3, -0.25) is 0 Å². The average molecular weight is 276 g/mol. The first-order valence-corrected chi connectivity index (χ1v) is 5.35. The van der Waals surface area contributed by atoms with Crippen molar-refractivity contribution in [3.63, 3.8) is 0 Å². The van der Waals surface area contributed by atoms with E-state index in [4.69, 9.17) is 10.8 Å². The second kappa shape index (κ2) is 4.83.